The van der Waals surface area contributed by atoms with Gasteiger partial charge in [-0.25, -0.2) is 0 Å². The monoisotopic (exact) mass is 346 g/mol. The molecule has 0 bridgehead atoms. The van der Waals surface area contributed by atoms with Crippen LogP contribution in [0.3, 0.4) is 0 Å². The Balaban J connectivity index is 0. The van der Waals surface area contributed by atoms with E-state index in [9.17, 15) is 0 Å². The van der Waals surface area contributed by atoms with E-state index in [1.165, 1.54) is 6.42 Å². The molecule has 1 aliphatic carbocycles. The standard InChI is InChI=1S/C7H12BN.C5H5.2ClH.Zr/c1-9(2)8-6-4-3-5-7-8;1-2-4-5-3-1;;;/h3-6H,7H2,1-2H3;1-3H,4H2;2*1H;/q;;;;+2/p-2. The average Bonchev–Trinajstić information content (AvgIpc) is 2.71. The van der Waals surface area contributed by atoms with Crippen molar-refractivity contribution in [3.63, 3.8) is 0 Å². The zero-order valence-electron chi connectivity index (χ0n) is 10.2. The van der Waals surface area contributed by atoms with Crippen molar-refractivity contribution in [1.82, 2.24) is 4.81 Å². The van der Waals surface area contributed by atoms with Crippen LogP contribution in [0.25, 0.3) is 0 Å². The number of nitrogens with zero attached hydrogens (tertiary/aromatic N) is 1. The first-order valence-corrected chi connectivity index (χ1v) is 6.50. The predicted molar refractivity (Wildman–Crippen MR) is 64.4 cm³/mol. The van der Waals surface area contributed by atoms with Gasteiger partial charge < -0.3 is 29.6 Å². The average molecular weight is 348 g/mol. The van der Waals surface area contributed by atoms with Crippen LogP contribution in [0.1, 0.15) is 6.42 Å². The molecule has 0 N–H and O–H groups in total. The van der Waals surface area contributed by atoms with E-state index < -0.39 is 0 Å². The summed E-state index contributed by atoms with van der Waals surface area (Å²) >= 11 is 1.56. The minimum absolute atomic E-state index is 0. The van der Waals surface area contributed by atoms with Crippen LogP contribution in [-0.2, 0) is 24.7 Å². The second kappa shape index (κ2) is 11.5. The first-order chi connectivity index (χ1) is 7.20. The molecule has 0 aromatic carbocycles. The molecular formula is C12H17BCl2NZr. The zero-order chi connectivity index (χ0) is 11.1. The van der Waals surface area contributed by atoms with Crippen LogP contribution in [0.15, 0.2) is 45.7 Å². The zero-order valence-corrected chi connectivity index (χ0v) is 14.2. The Bertz CT molecular complexity index is 312. The van der Waals surface area contributed by atoms with E-state index >= 15 is 0 Å². The summed E-state index contributed by atoms with van der Waals surface area (Å²) in [5, 5.41) is 0. The Labute approximate surface area is 133 Å². The third-order valence-electron chi connectivity index (χ3n) is 2.39. The molecule has 1 nitrogen and oxygen atoms in total. The second-order valence-electron chi connectivity index (χ2n) is 3.90. The van der Waals surface area contributed by atoms with Crippen LogP contribution in [-0.4, -0.2) is 25.8 Å². The van der Waals surface area contributed by atoms with Gasteiger partial charge in [-0.15, -0.1) is 0 Å². The van der Waals surface area contributed by atoms with Gasteiger partial charge in [0.15, 0.2) is 0 Å². The molecule has 1 heterocycles. The van der Waals surface area contributed by atoms with Gasteiger partial charge >= 0.3 is 52.6 Å². The van der Waals surface area contributed by atoms with Gasteiger partial charge in [0, 0.05) is 0 Å². The fourth-order valence-electron chi connectivity index (χ4n) is 1.40. The van der Waals surface area contributed by atoms with Gasteiger partial charge in [-0.3, -0.25) is 0 Å². The normalized spacial score (nSPS) is 15.8. The molecule has 91 valence electrons. The van der Waals surface area contributed by atoms with Crippen LogP contribution in [0, 0.1) is 0 Å². The van der Waals surface area contributed by atoms with E-state index in [0.717, 1.165) is 6.32 Å². The number of rotatable bonds is 1. The molecule has 0 spiro atoms. The van der Waals surface area contributed by atoms with Gasteiger partial charge in [-0.1, -0.05) is 24.2 Å². The maximum atomic E-state index is 2.22. The van der Waals surface area contributed by atoms with Gasteiger partial charge in [-0.05, 0) is 20.4 Å². The molecule has 0 saturated carbocycles. The van der Waals surface area contributed by atoms with Gasteiger partial charge in [0.2, 0.25) is 0 Å². The summed E-state index contributed by atoms with van der Waals surface area (Å²) in [6, 6.07) is 0. The van der Waals surface area contributed by atoms with Crippen LogP contribution in [0.4, 0.5) is 0 Å². The van der Waals surface area contributed by atoms with E-state index in [1.54, 1.807) is 28.0 Å². The Kier molecular flexibility index (Phi) is 13.4. The molecule has 17 heavy (non-hydrogen) atoms. The van der Waals surface area contributed by atoms with Crippen molar-refractivity contribution < 1.29 is 49.5 Å². The quantitative estimate of drug-likeness (QED) is 0.447. The molecule has 0 aromatic rings. The molecule has 2 rings (SSSR count). The molecule has 2 aliphatic rings. The Hall–Kier alpha value is 0.448. The first-order valence-electron chi connectivity index (χ1n) is 5.27. The molecule has 0 amide bonds. The van der Waals surface area contributed by atoms with E-state index in [-0.39, 0.29) is 24.8 Å². The minimum atomic E-state index is 0. The molecule has 0 atom stereocenters. The fraction of sp³-hybridized carbons (Fsp3) is 0.333. The topological polar surface area (TPSA) is 3.24 Å². The molecule has 0 aromatic heterocycles. The van der Waals surface area contributed by atoms with E-state index in [4.69, 9.17) is 0 Å². The van der Waals surface area contributed by atoms with E-state index in [2.05, 4.69) is 61.3 Å². The van der Waals surface area contributed by atoms with Crippen molar-refractivity contribution in [3.8, 4) is 0 Å². The van der Waals surface area contributed by atoms with Crippen molar-refractivity contribution in [2.75, 3.05) is 14.1 Å². The third kappa shape index (κ3) is 9.08. The molecule has 0 unspecified atom stereocenters. The summed E-state index contributed by atoms with van der Waals surface area (Å²) in [6.07, 6.45) is 15.2. The fourth-order valence-corrected chi connectivity index (χ4v) is 1.92. The summed E-state index contributed by atoms with van der Waals surface area (Å²) in [6.45, 7) is 0.620. The third-order valence-corrected chi connectivity index (χ3v) is 3.30. The summed E-state index contributed by atoms with van der Waals surface area (Å²) in [4.78, 5) is 2.22. The Morgan fingerprint density at radius 2 is 1.82 bits per heavy atom. The SMILES string of the molecule is CN(C)B1C=CC=CC1.[Cl-].[Cl-].[Zr+2][C]1=CC=CC1. The van der Waals surface area contributed by atoms with E-state index in [0.29, 0.717) is 6.85 Å². The summed E-state index contributed by atoms with van der Waals surface area (Å²) in [7, 11) is 4.21. The number of hydrogen-bond acceptors (Lipinski definition) is 1. The second-order valence-corrected chi connectivity index (χ2v) is 5.48. The maximum absolute atomic E-state index is 2.22. The van der Waals surface area contributed by atoms with Crippen LogP contribution < -0.4 is 24.8 Å². The van der Waals surface area contributed by atoms with Crippen molar-refractivity contribution in [1.29, 1.82) is 0 Å². The Morgan fingerprint density at radius 3 is 2.06 bits per heavy atom. The Morgan fingerprint density at radius 1 is 1.12 bits per heavy atom. The molecule has 0 fully saturated rings. The van der Waals surface area contributed by atoms with Crippen LogP contribution >= 0.6 is 0 Å². The van der Waals surface area contributed by atoms with Gasteiger partial charge in [-0.2, -0.15) is 0 Å². The number of halogens is 2. The molecular weight excluding hydrogens is 331 g/mol. The molecule has 1 aliphatic heterocycles. The van der Waals surface area contributed by atoms with Crippen molar-refractivity contribution >= 4 is 6.85 Å². The predicted octanol–water partition coefficient (Wildman–Crippen LogP) is -3.41. The first kappa shape index (κ1) is 19.8. The van der Waals surface area contributed by atoms with Gasteiger partial charge in [0.05, 0.1) is 0 Å². The molecule has 5 heteroatoms. The molecule has 0 saturated heterocycles. The summed E-state index contributed by atoms with van der Waals surface area (Å²) in [5.74, 6) is 2.22. The van der Waals surface area contributed by atoms with Crippen molar-refractivity contribution in [2.24, 2.45) is 0 Å². The van der Waals surface area contributed by atoms with Crippen LogP contribution in [0.5, 0.6) is 0 Å². The van der Waals surface area contributed by atoms with Crippen molar-refractivity contribution in [3.05, 3.63) is 45.7 Å². The number of allylic oxidation sites excluding steroid dienone is 7. The van der Waals surface area contributed by atoms with E-state index in [1.807, 2.05) is 0 Å². The molecule has 0 radical (unpaired) electrons. The van der Waals surface area contributed by atoms with Gasteiger partial charge in [0.1, 0.15) is 0 Å². The summed E-state index contributed by atoms with van der Waals surface area (Å²) in [5.41, 5.74) is 0. The number of hydrogen-bond donors (Lipinski definition) is 0. The van der Waals surface area contributed by atoms with Crippen molar-refractivity contribution in [2.45, 2.75) is 12.7 Å². The van der Waals surface area contributed by atoms with Crippen LogP contribution in [0.2, 0.25) is 6.32 Å². The van der Waals surface area contributed by atoms with Gasteiger partial charge in [0.25, 0.3) is 6.85 Å². The summed E-state index contributed by atoms with van der Waals surface area (Å²) < 4.78 is 1.56.